The number of esters is 4. The minimum absolute atomic E-state index is 0.342. The van der Waals surface area contributed by atoms with Crippen LogP contribution in [0.2, 0.25) is 0 Å². The summed E-state index contributed by atoms with van der Waals surface area (Å²) in [5, 5.41) is 0. The second-order valence-electron chi connectivity index (χ2n) is 7.02. The number of ether oxygens (including phenoxy) is 2. The van der Waals surface area contributed by atoms with Crippen molar-refractivity contribution < 1.29 is 37.4 Å². The SMILES string of the molecule is CC1(C2CC(=O)OC2=O)c2ccccc2C2C(=O)OC(=O)C2C1C(F)F. The van der Waals surface area contributed by atoms with Gasteiger partial charge in [0.2, 0.25) is 6.43 Å². The summed E-state index contributed by atoms with van der Waals surface area (Å²) in [5.74, 6) is -8.96. The van der Waals surface area contributed by atoms with Gasteiger partial charge in [-0.1, -0.05) is 31.2 Å². The van der Waals surface area contributed by atoms with E-state index in [-0.39, 0.29) is 6.42 Å². The Kier molecular flexibility index (Phi) is 3.51. The van der Waals surface area contributed by atoms with Gasteiger partial charge in [-0.05, 0) is 11.1 Å². The van der Waals surface area contributed by atoms with Crippen molar-refractivity contribution in [2.75, 3.05) is 0 Å². The van der Waals surface area contributed by atoms with Gasteiger partial charge in [0.05, 0.1) is 24.2 Å². The zero-order valence-corrected chi connectivity index (χ0v) is 13.6. The van der Waals surface area contributed by atoms with Crippen LogP contribution in [0.4, 0.5) is 8.78 Å². The lowest BCUT2D eigenvalue weighted by atomic mass is 9.52. The Labute approximate surface area is 146 Å². The molecule has 2 heterocycles. The highest BCUT2D eigenvalue weighted by Gasteiger charge is 2.66. The van der Waals surface area contributed by atoms with E-state index in [4.69, 9.17) is 0 Å². The quantitative estimate of drug-likeness (QED) is 0.587. The Bertz CT molecular complexity index is 850. The standard InChI is InChI=1S/C18H14F2O6/c1-18(9-6-10(21)25-15(9)22)8-5-3-2-4-7(8)11-12(13(18)14(19)20)17(24)26-16(11)23/h2-5,9,11-14H,6H2,1H3. The van der Waals surface area contributed by atoms with E-state index in [2.05, 4.69) is 9.47 Å². The topological polar surface area (TPSA) is 86.7 Å². The van der Waals surface area contributed by atoms with Gasteiger partial charge in [-0.2, -0.15) is 0 Å². The van der Waals surface area contributed by atoms with Crippen molar-refractivity contribution in [3.05, 3.63) is 35.4 Å². The highest BCUT2D eigenvalue weighted by atomic mass is 19.3. The molecule has 5 atom stereocenters. The summed E-state index contributed by atoms with van der Waals surface area (Å²) >= 11 is 0. The first-order valence-corrected chi connectivity index (χ1v) is 8.14. The first kappa shape index (κ1) is 16.8. The van der Waals surface area contributed by atoms with Crippen molar-refractivity contribution in [1.29, 1.82) is 0 Å². The van der Waals surface area contributed by atoms with Crippen molar-refractivity contribution >= 4 is 23.9 Å². The second kappa shape index (κ2) is 5.43. The Morgan fingerprint density at radius 1 is 1.04 bits per heavy atom. The van der Waals surface area contributed by atoms with Crippen LogP contribution in [-0.4, -0.2) is 30.3 Å². The zero-order chi connectivity index (χ0) is 18.8. The van der Waals surface area contributed by atoms with Crippen LogP contribution >= 0.6 is 0 Å². The van der Waals surface area contributed by atoms with E-state index in [9.17, 15) is 28.0 Å². The summed E-state index contributed by atoms with van der Waals surface area (Å²) in [4.78, 5) is 48.2. The van der Waals surface area contributed by atoms with Gasteiger partial charge in [0, 0.05) is 11.3 Å². The van der Waals surface area contributed by atoms with Crippen molar-refractivity contribution in [2.45, 2.75) is 31.1 Å². The van der Waals surface area contributed by atoms with E-state index < -0.39 is 59.4 Å². The molecule has 1 aromatic carbocycles. The van der Waals surface area contributed by atoms with E-state index in [0.717, 1.165) is 0 Å². The first-order chi connectivity index (χ1) is 12.3. The Morgan fingerprint density at radius 3 is 2.35 bits per heavy atom. The maximum absolute atomic E-state index is 14.2. The molecule has 2 saturated heterocycles. The lowest BCUT2D eigenvalue weighted by molar-refractivity contribution is -0.158. The minimum atomic E-state index is -3.01. The third-order valence-corrected chi connectivity index (χ3v) is 5.91. The first-order valence-electron chi connectivity index (χ1n) is 8.14. The van der Waals surface area contributed by atoms with Crippen molar-refractivity contribution in [2.24, 2.45) is 17.8 Å². The number of fused-ring (bicyclic) bond motifs is 3. The molecule has 0 aromatic heterocycles. The van der Waals surface area contributed by atoms with Crippen LogP contribution in [0.3, 0.4) is 0 Å². The molecule has 2 fully saturated rings. The minimum Gasteiger partial charge on any atom is -0.393 e. The number of rotatable bonds is 2. The van der Waals surface area contributed by atoms with E-state index in [1.807, 2.05) is 0 Å². The number of hydrogen-bond donors (Lipinski definition) is 0. The molecule has 0 N–H and O–H groups in total. The summed E-state index contributed by atoms with van der Waals surface area (Å²) in [6.45, 7) is 1.43. The third kappa shape index (κ3) is 2.01. The van der Waals surface area contributed by atoms with Crippen LogP contribution in [0.5, 0.6) is 0 Å². The molecular weight excluding hydrogens is 350 g/mol. The van der Waals surface area contributed by atoms with Crippen LogP contribution in [0.1, 0.15) is 30.4 Å². The van der Waals surface area contributed by atoms with Crippen LogP contribution in [-0.2, 0) is 34.1 Å². The van der Waals surface area contributed by atoms with E-state index in [1.54, 1.807) is 24.3 Å². The maximum atomic E-state index is 14.2. The van der Waals surface area contributed by atoms with Gasteiger partial charge in [-0.3, -0.25) is 19.2 Å². The molecule has 136 valence electrons. The van der Waals surface area contributed by atoms with Gasteiger partial charge in [-0.15, -0.1) is 0 Å². The monoisotopic (exact) mass is 364 g/mol. The highest BCUT2D eigenvalue weighted by molar-refractivity contribution is 6.01. The number of carbonyl (C=O) groups excluding carboxylic acids is 4. The molecular formula is C18H14F2O6. The number of hydrogen-bond acceptors (Lipinski definition) is 6. The van der Waals surface area contributed by atoms with Gasteiger partial charge in [-0.25, -0.2) is 8.78 Å². The fourth-order valence-electron chi connectivity index (χ4n) is 4.77. The van der Waals surface area contributed by atoms with Gasteiger partial charge in [0.1, 0.15) is 0 Å². The summed E-state index contributed by atoms with van der Waals surface area (Å²) in [7, 11) is 0. The molecule has 0 spiro atoms. The maximum Gasteiger partial charge on any atom is 0.321 e. The molecule has 26 heavy (non-hydrogen) atoms. The van der Waals surface area contributed by atoms with Gasteiger partial charge < -0.3 is 9.47 Å². The summed E-state index contributed by atoms with van der Waals surface area (Å²) in [6, 6.07) is 6.33. The molecule has 5 unspecified atom stereocenters. The number of halogens is 2. The molecule has 0 radical (unpaired) electrons. The largest absolute Gasteiger partial charge is 0.393 e. The van der Waals surface area contributed by atoms with Crippen molar-refractivity contribution in [3.8, 4) is 0 Å². The lowest BCUT2D eigenvalue weighted by Gasteiger charge is -2.48. The molecule has 3 aliphatic rings. The molecule has 4 rings (SSSR count). The molecule has 1 aromatic rings. The molecule has 8 heteroatoms. The van der Waals surface area contributed by atoms with Crippen LogP contribution < -0.4 is 0 Å². The third-order valence-electron chi connectivity index (χ3n) is 5.91. The fraction of sp³-hybridized carbons (Fsp3) is 0.444. The molecule has 2 aliphatic heterocycles. The van der Waals surface area contributed by atoms with Gasteiger partial charge in [0.15, 0.2) is 0 Å². The number of benzene rings is 1. The van der Waals surface area contributed by atoms with Crippen molar-refractivity contribution in [1.82, 2.24) is 0 Å². The summed E-state index contributed by atoms with van der Waals surface area (Å²) in [6.07, 6.45) is -3.37. The smallest absolute Gasteiger partial charge is 0.321 e. The van der Waals surface area contributed by atoms with Crippen molar-refractivity contribution in [3.63, 3.8) is 0 Å². The predicted octanol–water partition coefficient (Wildman–Crippen LogP) is 1.71. The molecule has 6 nitrogen and oxygen atoms in total. The molecule has 0 bridgehead atoms. The number of alkyl halides is 2. The molecule has 0 saturated carbocycles. The Morgan fingerprint density at radius 2 is 1.73 bits per heavy atom. The summed E-state index contributed by atoms with van der Waals surface area (Å²) in [5.41, 5.74) is -0.839. The highest BCUT2D eigenvalue weighted by Crippen LogP contribution is 2.59. The summed E-state index contributed by atoms with van der Waals surface area (Å²) < 4.78 is 37.6. The van der Waals surface area contributed by atoms with Gasteiger partial charge >= 0.3 is 23.9 Å². The molecule has 0 amide bonds. The zero-order valence-electron chi connectivity index (χ0n) is 13.6. The van der Waals surface area contributed by atoms with Crippen LogP contribution in [0, 0.1) is 17.8 Å². The average Bonchev–Trinajstić information content (AvgIpc) is 3.06. The number of carbonyl (C=O) groups is 4. The van der Waals surface area contributed by atoms with E-state index >= 15 is 0 Å². The fourth-order valence-corrected chi connectivity index (χ4v) is 4.77. The van der Waals surface area contributed by atoms with Crippen LogP contribution in [0.15, 0.2) is 24.3 Å². The lowest BCUT2D eigenvalue weighted by Crippen LogP contribution is -2.53. The average molecular weight is 364 g/mol. The van der Waals surface area contributed by atoms with E-state index in [0.29, 0.717) is 11.1 Å². The van der Waals surface area contributed by atoms with Crippen LogP contribution in [0.25, 0.3) is 0 Å². The Hall–Kier alpha value is -2.64. The van der Waals surface area contributed by atoms with Gasteiger partial charge in [0.25, 0.3) is 0 Å². The second-order valence-corrected chi connectivity index (χ2v) is 7.02. The normalized spacial score (nSPS) is 36.0. The van der Waals surface area contributed by atoms with E-state index in [1.165, 1.54) is 6.92 Å². The Balaban J connectivity index is 1.99. The number of cyclic esters (lactones) is 4. The molecule has 1 aliphatic carbocycles. The predicted molar refractivity (Wildman–Crippen MR) is 79.8 cm³/mol.